The van der Waals surface area contributed by atoms with Crippen molar-refractivity contribution in [3.8, 4) is 0 Å². The first-order valence-corrected chi connectivity index (χ1v) is 11.3. The van der Waals surface area contributed by atoms with Crippen molar-refractivity contribution in [3.63, 3.8) is 0 Å². The van der Waals surface area contributed by atoms with E-state index >= 15 is 0 Å². The van der Waals surface area contributed by atoms with Gasteiger partial charge in [-0.05, 0) is 43.8 Å². The lowest BCUT2D eigenvalue weighted by Crippen LogP contribution is -2.43. The average Bonchev–Trinajstić information content (AvgIpc) is 3.33. The van der Waals surface area contributed by atoms with Gasteiger partial charge in [0.2, 0.25) is 0 Å². The molecule has 6 nitrogen and oxygen atoms in total. The van der Waals surface area contributed by atoms with E-state index in [1.165, 1.54) is 22.7 Å². The lowest BCUT2D eigenvalue weighted by Gasteiger charge is -2.11. The molecular weight excluding hydrogens is 438 g/mol. The largest absolute Gasteiger partial charge is 0.462 e. The Hall–Kier alpha value is -2.75. The zero-order valence-corrected chi connectivity index (χ0v) is 18.9. The molecule has 0 aliphatic rings. The summed E-state index contributed by atoms with van der Waals surface area (Å²) in [6.45, 7) is 3.97. The van der Waals surface area contributed by atoms with E-state index in [9.17, 15) is 9.59 Å². The molecular formula is C21H21N3O3S3. The van der Waals surface area contributed by atoms with Crippen LogP contribution in [0.25, 0.3) is 0 Å². The van der Waals surface area contributed by atoms with E-state index in [2.05, 4.69) is 16.2 Å². The van der Waals surface area contributed by atoms with Crippen LogP contribution in [0.1, 0.15) is 43.0 Å². The standard InChI is InChI=1S/C21H21N3O3S3/c1-3-27-20(26)17-11-16(10-14-7-5-4-6-8-14)30-19(17)22-21(28)24-23-18(25)15-9-13(2)29-12-15/h4-9,11-12H,3,10H2,1-2H3,(H,23,25)(H2,22,24,28). The summed E-state index contributed by atoms with van der Waals surface area (Å²) in [6.07, 6.45) is 0.689. The van der Waals surface area contributed by atoms with Crippen molar-refractivity contribution in [2.75, 3.05) is 11.9 Å². The molecule has 9 heteroatoms. The van der Waals surface area contributed by atoms with Gasteiger partial charge in [0.05, 0.1) is 17.7 Å². The lowest BCUT2D eigenvalue weighted by molar-refractivity contribution is 0.0528. The van der Waals surface area contributed by atoms with Gasteiger partial charge in [0.15, 0.2) is 5.11 Å². The first-order chi connectivity index (χ1) is 14.5. The highest BCUT2D eigenvalue weighted by Gasteiger charge is 2.19. The fraction of sp³-hybridized carbons (Fsp3) is 0.190. The van der Waals surface area contributed by atoms with E-state index in [0.717, 1.165) is 15.3 Å². The van der Waals surface area contributed by atoms with Gasteiger partial charge in [0, 0.05) is 21.6 Å². The molecule has 30 heavy (non-hydrogen) atoms. The highest BCUT2D eigenvalue weighted by atomic mass is 32.1. The molecule has 1 amide bonds. The number of esters is 1. The predicted molar refractivity (Wildman–Crippen MR) is 125 cm³/mol. The summed E-state index contributed by atoms with van der Waals surface area (Å²) >= 11 is 8.20. The van der Waals surface area contributed by atoms with Crippen molar-refractivity contribution in [3.05, 3.63) is 74.3 Å². The van der Waals surface area contributed by atoms with E-state index in [4.69, 9.17) is 17.0 Å². The number of aryl methyl sites for hydroxylation is 1. The SMILES string of the molecule is CCOC(=O)c1cc(Cc2ccccc2)sc1NC(=S)NNC(=O)c1csc(C)c1. The Morgan fingerprint density at radius 1 is 1.13 bits per heavy atom. The second kappa shape index (κ2) is 10.3. The molecule has 0 aliphatic carbocycles. The zero-order valence-electron chi connectivity index (χ0n) is 16.5. The number of thiophene rings is 2. The van der Waals surface area contributed by atoms with Crippen LogP contribution in [0.15, 0.2) is 47.8 Å². The maximum atomic E-state index is 12.4. The maximum Gasteiger partial charge on any atom is 0.341 e. The van der Waals surface area contributed by atoms with Crippen LogP contribution in [-0.4, -0.2) is 23.6 Å². The van der Waals surface area contributed by atoms with E-state index in [0.29, 0.717) is 22.5 Å². The fourth-order valence-electron chi connectivity index (χ4n) is 2.66. The molecule has 2 heterocycles. The molecule has 0 fully saturated rings. The minimum absolute atomic E-state index is 0.175. The number of carbonyl (C=O) groups excluding carboxylic acids is 2. The van der Waals surface area contributed by atoms with Crippen molar-refractivity contribution in [2.45, 2.75) is 20.3 Å². The van der Waals surface area contributed by atoms with E-state index in [1.54, 1.807) is 18.4 Å². The Bertz CT molecular complexity index is 1040. The monoisotopic (exact) mass is 459 g/mol. The molecule has 156 valence electrons. The Morgan fingerprint density at radius 2 is 1.90 bits per heavy atom. The third-order valence-corrected chi connectivity index (χ3v) is 6.13. The number of amides is 1. The topological polar surface area (TPSA) is 79.5 Å². The molecule has 3 N–H and O–H groups in total. The normalized spacial score (nSPS) is 10.3. The number of hydrogen-bond donors (Lipinski definition) is 3. The molecule has 0 saturated heterocycles. The Kier molecular flexibility index (Phi) is 7.56. The molecule has 0 radical (unpaired) electrons. The third kappa shape index (κ3) is 5.88. The van der Waals surface area contributed by atoms with Crippen LogP contribution in [0.3, 0.4) is 0 Å². The van der Waals surface area contributed by atoms with Crippen LogP contribution < -0.4 is 16.2 Å². The van der Waals surface area contributed by atoms with Crippen molar-refractivity contribution >= 4 is 56.9 Å². The number of hydrazine groups is 1. The molecule has 3 aromatic rings. The number of carbonyl (C=O) groups is 2. The summed E-state index contributed by atoms with van der Waals surface area (Å²) < 4.78 is 5.17. The average molecular weight is 460 g/mol. The number of benzene rings is 1. The molecule has 0 saturated carbocycles. The summed E-state index contributed by atoms with van der Waals surface area (Å²) in [5.74, 6) is -0.707. The quantitative estimate of drug-likeness (QED) is 0.286. The number of rotatable bonds is 6. The Morgan fingerprint density at radius 3 is 2.57 bits per heavy atom. The van der Waals surface area contributed by atoms with Crippen LogP contribution in [0.5, 0.6) is 0 Å². The molecule has 3 rings (SSSR count). The molecule has 0 bridgehead atoms. The lowest BCUT2D eigenvalue weighted by atomic mass is 10.1. The molecule has 0 atom stereocenters. The van der Waals surface area contributed by atoms with E-state index in [-0.39, 0.29) is 17.6 Å². The molecule has 0 spiro atoms. The van der Waals surface area contributed by atoms with Crippen LogP contribution in [0.2, 0.25) is 0 Å². The number of nitrogens with one attached hydrogen (secondary N) is 3. The van der Waals surface area contributed by atoms with Gasteiger partial charge in [-0.15, -0.1) is 22.7 Å². The summed E-state index contributed by atoms with van der Waals surface area (Å²) in [6, 6.07) is 13.6. The highest BCUT2D eigenvalue weighted by Crippen LogP contribution is 2.30. The van der Waals surface area contributed by atoms with Gasteiger partial charge in [-0.2, -0.15) is 0 Å². The van der Waals surface area contributed by atoms with Crippen LogP contribution >= 0.6 is 34.9 Å². The van der Waals surface area contributed by atoms with Crippen LogP contribution in [0.4, 0.5) is 5.00 Å². The molecule has 1 aromatic carbocycles. The Balaban J connectivity index is 1.68. The van der Waals surface area contributed by atoms with E-state index < -0.39 is 5.97 Å². The van der Waals surface area contributed by atoms with Crippen molar-refractivity contribution in [1.82, 2.24) is 10.9 Å². The minimum Gasteiger partial charge on any atom is -0.462 e. The second-order valence-corrected chi connectivity index (χ2v) is 8.98. The minimum atomic E-state index is -0.420. The van der Waals surface area contributed by atoms with Crippen LogP contribution in [0, 0.1) is 6.92 Å². The molecule has 2 aromatic heterocycles. The van der Waals surface area contributed by atoms with Gasteiger partial charge >= 0.3 is 5.97 Å². The number of thiocarbonyl (C=S) groups is 1. The van der Waals surface area contributed by atoms with Gasteiger partial charge in [0.1, 0.15) is 5.00 Å². The maximum absolute atomic E-state index is 12.4. The van der Waals surface area contributed by atoms with Gasteiger partial charge in [-0.25, -0.2) is 4.79 Å². The van der Waals surface area contributed by atoms with Crippen molar-refractivity contribution in [1.29, 1.82) is 0 Å². The zero-order chi connectivity index (χ0) is 21.5. The summed E-state index contributed by atoms with van der Waals surface area (Å²) in [5, 5.41) is 5.51. The van der Waals surface area contributed by atoms with Gasteiger partial charge < -0.3 is 10.1 Å². The summed E-state index contributed by atoms with van der Waals surface area (Å²) in [4.78, 5) is 26.6. The van der Waals surface area contributed by atoms with Gasteiger partial charge in [0.25, 0.3) is 5.91 Å². The van der Waals surface area contributed by atoms with Crippen LogP contribution in [-0.2, 0) is 11.2 Å². The number of ether oxygens (including phenoxy) is 1. The van der Waals surface area contributed by atoms with Crippen molar-refractivity contribution in [2.24, 2.45) is 0 Å². The fourth-order valence-corrected chi connectivity index (χ4v) is 4.65. The molecule has 0 aliphatic heterocycles. The van der Waals surface area contributed by atoms with Gasteiger partial charge in [-0.1, -0.05) is 30.3 Å². The first kappa shape index (κ1) is 21.9. The summed E-state index contributed by atoms with van der Waals surface area (Å²) in [5.41, 5.74) is 7.34. The number of anilines is 1. The molecule has 0 unspecified atom stereocenters. The first-order valence-electron chi connectivity index (χ1n) is 9.22. The third-order valence-electron chi connectivity index (χ3n) is 4.01. The predicted octanol–water partition coefficient (Wildman–Crippen LogP) is 4.52. The van der Waals surface area contributed by atoms with Gasteiger partial charge in [-0.3, -0.25) is 15.6 Å². The number of hydrogen-bond acceptors (Lipinski definition) is 6. The second-order valence-electron chi connectivity index (χ2n) is 6.32. The summed E-state index contributed by atoms with van der Waals surface area (Å²) in [7, 11) is 0. The Labute approximate surface area is 188 Å². The van der Waals surface area contributed by atoms with Crippen molar-refractivity contribution < 1.29 is 14.3 Å². The highest BCUT2D eigenvalue weighted by molar-refractivity contribution is 7.80. The smallest absolute Gasteiger partial charge is 0.341 e. The van der Waals surface area contributed by atoms with E-state index in [1.807, 2.05) is 43.3 Å².